The second-order valence-electron chi connectivity index (χ2n) is 3.80. The van der Waals surface area contributed by atoms with Crippen LogP contribution >= 0.6 is 45.7 Å². The van der Waals surface area contributed by atoms with Crippen LogP contribution < -0.4 is 0 Å². The van der Waals surface area contributed by atoms with Crippen molar-refractivity contribution in [2.24, 2.45) is 5.92 Å². The van der Waals surface area contributed by atoms with Gasteiger partial charge >= 0.3 is 0 Å². The molecular formula is C8H14I2N2. The normalized spacial score (nSPS) is 43.8. The van der Waals surface area contributed by atoms with Crippen LogP contribution in [0.3, 0.4) is 0 Å². The highest BCUT2D eigenvalue weighted by atomic mass is 127. The lowest BCUT2D eigenvalue weighted by molar-refractivity contribution is 0.237. The van der Waals surface area contributed by atoms with E-state index in [-0.39, 0.29) is 0 Å². The molecule has 12 heavy (non-hydrogen) atoms. The molecule has 2 rings (SSSR count). The molecule has 0 aromatic carbocycles. The number of hydrogen-bond donors (Lipinski definition) is 0. The summed E-state index contributed by atoms with van der Waals surface area (Å²) in [7, 11) is 0. The first-order chi connectivity index (χ1) is 5.72. The first-order valence-electron chi connectivity index (χ1n) is 4.57. The molecule has 0 N–H and O–H groups in total. The molecule has 0 amide bonds. The molecule has 4 heteroatoms. The molecule has 3 unspecified atom stereocenters. The van der Waals surface area contributed by atoms with Gasteiger partial charge in [0, 0.05) is 70.9 Å². The summed E-state index contributed by atoms with van der Waals surface area (Å²) in [5, 5.41) is 0. The SMILES string of the molecule is CCC1CC2CN(I)CC1N2I. The first-order valence-corrected chi connectivity index (χ1v) is 6.50. The monoisotopic (exact) mass is 392 g/mol. The van der Waals surface area contributed by atoms with E-state index in [2.05, 4.69) is 58.9 Å². The summed E-state index contributed by atoms with van der Waals surface area (Å²) in [6.45, 7) is 4.85. The maximum atomic E-state index is 2.57. The lowest BCUT2D eigenvalue weighted by atomic mass is 9.98. The number of hydrogen-bond acceptors (Lipinski definition) is 2. The van der Waals surface area contributed by atoms with Gasteiger partial charge in [0.1, 0.15) is 0 Å². The van der Waals surface area contributed by atoms with Crippen LogP contribution in [-0.2, 0) is 0 Å². The zero-order valence-corrected chi connectivity index (χ0v) is 11.5. The number of piperazine rings is 1. The van der Waals surface area contributed by atoms with E-state index in [0.29, 0.717) is 0 Å². The van der Waals surface area contributed by atoms with Gasteiger partial charge in [-0.15, -0.1) is 0 Å². The van der Waals surface area contributed by atoms with Crippen LogP contribution in [0.1, 0.15) is 19.8 Å². The Hall–Kier alpha value is 1.38. The van der Waals surface area contributed by atoms with Crippen molar-refractivity contribution >= 4 is 45.7 Å². The van der Waals surface area contributed by atoms with Gasteiger partial charge in [-0.3, -0.25) is 0 Å². The van der Waals surface area contributed by atoms with Crippen LogP contribution in [0, 0.1) is 5.92 Å². The topological polar surface area (TPSA) is 6.48 Å². The maximum Gasteiger partial charge on any atom is 0.0362 e. The molecule has 0 aromatic rings. The van der Waals surface area contributed by atoms with E-state index in [1.54, 1.807) is 0 Å². The predicted molar refractivity (Wildman–Crippen MR) is 67.4 cm³/mol. The van der Waals surface area contributed by atoms with Gasteiger partial charge in [0.05, 0.1) is 0 Å². The number of rotatable bonds is 1. The van der Waals surface area contributed by atoms with Crippen molar-refractivity contribution in [1.29, 1.82) is 0 Å². The molecule has 2 aliphatic rings. The van der Waals surface area contributed by atoms with Gasteiger partial charge in [-0.1, -0.05) is 13.3 Å². The van der Waals surface area contributed by atoms with Crippen LogP contribution in [-0.4, -0.2) is 31.4 Å². The van der Waals surface area contributed by atoms with Gasteiger partial charge in [0.25, 0.3) is 0 Å². The van der Waals surface area contributed by atoms with Gasteiger partial charge in [0.15, 0.2) is 0 Å². The van der Waals surface area contributed by atoms with Crippen molar-refractivity contribution in [3.8, 4) is 0 Å². The maximum absolute atomic E-state index is 2.57. The number of halogens is 2. The third-order valence-corrected chi connectivity index (χ3v) is 5.39. The first kappa shape index (κ1) is 9.92. The fourth-order valence-corrected chi connectivity index (χ4v) is 4.30. The number of nitrogens with zero attached hydrogens (tertiary/aromatic N) is 2. The molecule has 2 nitrogen and oxygen atoms in total. The Labute approximate surface area is 102 Å². The molecule has 2 bridgehead atoms. The molecule has 2 aliphatic heterocycles. The zero-order valence-electron chi connectivity index (χ0n) is 7.21. The lowest BCUT2D eigenvalue weighted by Gasteiger charge is -2.34. The largest absolute Gasteiger partial charge is 0.244 e. The van der Waals surface area contributed by atoms with Crippen LogP contribution in [0.5, 0.6) is 0 Å². The predicted octanol–water partition coefficient (Wildman–Crippen LogP) is 2.47. The summed E-state index contributed by atoms with van der Waals surface area (Å²) in [4.78, 5) is 0. The Morgan fingerprint density at radius 2 is 2.08 bits per heavy atom. The molecule has 3 atom stereocenters. The van der Waals surface area contributed by atoms with Crippen LogP contribution in [0.2, 0.25) is 0 Å². The summed E-state index contributed by atoms with van der Waals surface area (Å²) >= 11 is 4.99. The summed E-state index contributed by atoms with van der Waals surface area (Å²) in [5.41, 5.74) is 0. The highest BCUT2D eigenvalue weighted by Gasteiger charge is 2.43. The third kappa shape index (κ3) is 1.64. The minimum atomic E-state index is 0.825. The van der Waals surface area contributed by atoms with Gasteiger partial charge < -0.3 is 0 Å². The van der Waals surface area contributed by atoms with Crippen molar-refractivity contribution in [2.45, 2.75) is 31.8 Å². The smallest absolute Gasteiger partial charge is 0.0362 e. The van der Waals surface area contributed by atoms with Gasteiger partial charge in [-0.05, 0) is 12.3 Å². The highest BCUT2D eigenvalue weighted by Crippen LogP contribution is 2.39. The van der Waals surface area contributed by atoms with Gasteiger partial charge in [-0.2, -0.15) is 0 Å². The van der Waals surface area contributed by atoms with E-state index in [1.165, 1.54) is 25.9 Å². The minimum absolute atomic E-state index is 0.825. The molecular weight excluding hydrogens is 378 g/mol. The molecule has 0 saturated carbocycles. The molecule has 0 radical (unpaired) electrons. The Morgan fingerprint density at radius 3 is 2.75 bits per heavy atom. The van der Waals surface area contributed by atoms with Crippen molar-refractivity contribution in [3.05, 3.63) is 0 Å². The molecule has 2 saturated heterocycles. The van der Waals surface area contributed by atoms with E-state index in [1.807, 2.05) is 0 Å². The van der Waals surface area contributed by atoms with Crippen LogP contribution in [0.25, 0.3) is 0 Å². The lowest BCUT2D eigenvalue weighted by Crippen LogP contribution is -2.46. The molecule has 2 fully saturated rings. The van der Waals surface area contributed by atoms with E-state index >= 15 is 0 Å². The van der Waals surface area contributed by atoms with Crippen LogP contribution in [0.15, 0.2) is 0 Å². The summed E-state index contributed by atoms with van der Waals surface area (Å²) < 4.78 is 5.03. The minimum Gasteiger partial charge on any atom is -0.244 e. The average Bonchev–Trinajstić information content (AvgIpc) is 2.27. The fraction of sp³-hybridized carbons (Fsp3) is 1.00. The van der Waals surface area contributed by atoms with Gasteiger partial charge in [-0.25, -0.2) is 6.23 Å². The molecule has 70 valence electrons. The Morgan fingerprint density at radius 1 is 1.33 bits per heavy atom. The summed E-state index contributed by atoms with van der Waals surface area (Å²) in [5.74, 6) is 0.951. The second-order valence-corrected chi connectivity index (χ2v) is 6.28. The Bertz CT molecular complexity index is 176. The zero-order chi connectivity index (χ0) is 8.72. The molecule has 0 aliphatic carbocycles. The van der Waals surface area contributed by atoms with E-state index in [0.717, 1.165) is 18.0 Å². The molecule has 2 heterocycles. The average molecular weight is 392 g/mol. The van der Waals surface area contributed by atoms with E-state index in [9.17, 15) is 0 Å². The highest BCUT2D eigenvalue weighted by molar-refractivity contribution is 14.1. The molecule has 0 aromatic heterocycles. The second kappa shape index (κ2) is 3.86. The fourth-order valence-electron chi connectivity index (χ4n) is 2.40. The van der Waals surface area contributed by atoms with E-state index < -0.39 is 0 Å². The van der Waals surface area contributed by atoms with Crippen molar-refractivity contribution in [1.82, 2.24) is 6.23 Å². The van der Waals surface area contributed by atoms with Crippen molar-refractivity contribution < 1.29 is 0 Å². The van der Waals surface area contributed by atoms with Crippen molar-refractivity contribution in [3.63, 3.8) is 0 Å². The summed E-state index contributed by atoms with van der Waals surface area (Å²) in [6.07, 6.45) is 2.77. The standard InChI is InChI=1S/C8H14I2N2/c1-2-6-3-7-4-11(9)5-8(6)12(7)10/h6-8H,2-5H2,1H3. The Kier molecular flexibility index (Phi) is 3.19. The quantitative estimate of drug-likeness (QED) is 0.500. The third-order valence-electron chi connectivity index (χ3n) is 3.10. The Balaban J connectivity index is 2.11. The summed E-state index contributed by atoms with van der Waals surface area (Å²) in [6, 6.07) is 1.65. The van der Waals surface area contributed by atoms with Crippen LogP contribution in [0.4, 0.5) is 0 Å². The van der Waals surface area contributed by atoms with Crippen molar-refractivity contribution in [2.75, 3.05) is 13.1 Å². The number of fused-ring (bicyclic) bond motifs is 2. The van der Waals surface area contributed by atoms with Gasteiger partial charge in [0.2, 0.25) is 0 Å². The van der Waals surface area contributed by atoms with E-state index in [4.69, 9.17) is 0 Å². The molecule has 0 spiro atoms.